The predicted molar refractivity (Wildman–Crippen MR) is 112 cm³/mol. The molecule has 1 aliphatic heterocycles. The van der Waals surface area contributed by atoms with Crippen LogP contribution in [-0.4, -0.2) is 46.7 Å². The summed E-state index contributed by atoms with van der Waals surface area (Å²) in [5, 5.41) is 11.6. The van der Waals surface area contributed by atoms with Crippen LogP contribution in [0.1, 0.15) is 47.4 Å². The summed E-state index contributed by atoms with van der Waals surface area (Å²) in [5.74, 6) is -4.39. The monoisotopic (exact) mass is 448 g/mol. The van der Waals surface area contributed by atoms with Gasteiger partial charge in [-0.05, 0) is 51.3 Å². The highest BCUT2D eigenvalue weighted by molar-refractivity contribution is 5.96. The summed E-state index contributed by atoms with van der Waals surface area (Å²) in [6.45, 7) is 4.52. The van der Waals surface area contributed by atoms with Gasteiger partial charge in [0.1, 0.15) is 13.2 Å². The summed E-state index contributed by atoms with van der Waals surface area (Å²) in [7, 11) is 0. The minimum Gasteiger partial charge on any atom is -0.486 e. The number of hydrogen-bond donors (Lipinski definition) is 2. The van der Waals surface area contributed by atoms with Gasteiger partial charge in [0.15, 0.2) is 11.5 Å². The van der Waals surface area contributed by atoms with E-state index in [9.17, 15) is 23.5 Å². The molecule has 1 saturated carbocycles. The van der Waals surface area contributed by atoms with Crippen molar-refractivity contribution in [1.29, 1.82) is 0 Å². The summed E-state index contributed by atoms with van der Waals surface area (Å²) in [4.78, 5) is 24.2. The van der Waals surface area contributed by atoms with E-state index in [4.69, 9.17) is 9.47 Å². The minimum atomic E-state index is -3.17. The van der Waals surface area contributed by atoms with Gasteiger partial charge in [0.2, 0.25) is 0 Å². The number of aryl methyl sites for hydroxylation is 1. The van der Waals surface area contributed by atoms with Gasteiger partial charge in [0, 0.05) is 29.6 Å². The van der Waals surface area contributed by atoms with Crippen LogP contribution in [-0.2, 0) is 4.79 Å². The van der Waals surface area contributed by atoms with Crippen molar-refractivity contribution in [1.82, 2.24) is 9.88 Å². The predicted octanol–water partition coefficient (Wildman–Crippen LogP) is 3.87. The first-order valence-corrected chi connectivity index (χ1v) is 10.7. The van der Waals surface area contributed by atoms with Gasteiger partial charge in [-0.1, -0.05) is 0 Å². The van der Waals surface area contributed by atoms with E-state index in [1.807, 2.05) is 23.6 Å². The molecule has 1 aliphatic carbocycles. The highest BCUT2D eigenvalue weighted by Crippen LogP contribution is 2.36. The molecule has 0 spiro atoms. The van der Waals surface area contributed by atoms with E-state index in [0.717, 1.165) is 11.4 Å². The Kier molecular flexibility index (Phi) is 5.83. The number of nitrogens with one attached hydrogen (secondary N) is 1. The Morgan fingerprint density at radius 3 is 2.53 bits per heavy atom. The molecule has 2 heterocycles. The van der Waals surface area contributed by atoms with Crippen molar-refractivity contribution in [3.05, 3.63) is 41.2 Å². The first-order valence-electron chi connectivity index (χ1n) is 10.7. The van der Waals surface area contributed by atoms with Crippen molar-refractivity contribution in [2.75, 3.05) is 13.2 Å². The van der Waals surface area contributed by atoms with Crippen molar-refractivity contribution >= 4 is 11.9 Å². The molecule has 0 unspecified atom stereocenters. The number of ether oxygens (including phenoxy) is 2. The molecule has 0 bridgehead atoms. The molecule has 1 aromatic carbocycles. The lowest BCUT2D eigenvalue weighted by molar-refractivity contribution is -0.142. The number of carboxylic acids is 1. The maximum Gasteiger partial charge on any atom is 0.306 e. The number of amides is 1. The smallest absolute Gasteiger partial charge is 0.306 e. The summed E-state index contributed by atoms with van der Waals surface area (Å²) in [5.41, 5.74) is 2.44. The lowest BCUT2D eigenvalue weighted by Crippen LogP contribution is -2.47. The molecule has 0 radical (unpaired) electrons. The molecular formula is C23H26F2N2O5. The highest BCUT2D eigenvalue weighted by atomic mass is 19.3. The number of carbonyl (C=O) groups is 2. The van der Waals surface area contributed by atoms with E-state index in [2.05, 4.69) is 5.32 Å². The SMILES string of the molecule is Cc1cc(C(=O)N[C@@H]2CC[C@@H](C(=O)O)CCC2(F)F)c(C)n1-c1ccc2c(c1)OCCO2. The van der Waals surface area contributed by atoms with Crippen LogP contribution < -0.4 is 14.8 Å². The Morgan fingerprint density at radius 1 is 1.09 bits per heavy atom. The number of hydrogen-bond acceptors (Lipinski definition) is 4. The van der Waals surface area contributed by atoms with E-state index < -0.39 is 36.2 Å². The van der Waals surface area contributed by atoms with E-state index in [1.54, 1.807) is 19.1 Å². The number of carboxylic acid groups (broad SMARTS) is 1. The highest BCUT2D eigenvalue weighted by Gasteiger charge is 2.44. The average Bonchev–Trinajstić information content (AvgIpc) is 2.96. The molecule has 0 saturated heterocycles. The molecule has 4 rings (SSSR count). The van der Waals surface area contributed by atoms with E-state index in [1.165, 1.54) is 0 Å². The molecule has 7 nitrogen and oxygen atoms in total. The van der Waals surface area contributed by atoms with Gasteiger partial charge in [0.05, 0.1) is 17.5 Å². The standard InChI is InChI=1S/C23H26F2N2O5/c1-13-11-17(14(2)27(13)16-4-5-18-19(12-16)32-10-9-31-18)21(28)26-20-6-3-15(22(29)30)7-8-23(20,24)25/h4-5,11-12,15,20H,3,6-10H2,1-2H3,(H,26,28)(H,29,30)/t15-,20-/m1/s1. The van der Waals surface area contributed by atoms with E-state index in [-0.39, 0.29) is 19.3 Å². The minimum absolute atomic E-state index is 0.0867. The van der Waals surface area contributed by atoms with Gasteiger partial charge in [-0.2, -0.15) is 0 Å². The summed E-state index contributed by atoms with van der Waals surface area (Å²) >= 11 is 0. The Hall–Kier alpha value is -3.10. The van der Waals surface area contributed by atoms with Gasteiger partial charge in [-0.15, -0.1) is 0 Å². The number of alkyl halides is 2. The lowest BCUT2D eigenvalue weighted by atomic mass is 10.0. The van der Waals surface area contributed by atoms with E-state index in [0.29, 0.717) is 36.0 Å². The number of rotatable bonds is 4. The molecule has 1 fully saturated rings. The molecule has 9 heteroatoms. The molecule has 2 aromatic rings. The number of benzene rings is 1. The molecule has 2 N–H and O–H groups in total. The fourth-order valence-corrected chi connectivity index (χ4v) is 4.49. The van der Waals surface area contributed by atoms with Gasteiger partial charge in [-0.25, -0.2) is 8.78 Å². The third kappa shape index (κ3) is 4.16. The molecule has 1 amide bonds. The largest absolute Gasteiger partial charge is 0.486 e. The lowest BCUT2D eigenvalue weighted by Gasteiger charge is -2.25. The van der Waals surface area contributed by atoms with E-state index >= 15 is 0 Å². The zero-order chi connectivity index (χ0) is 23.0. The number of aromatic nitrogens is 1. The normalized spacial score (nSPS) is 22.1. The molecule has 2 aliphatic rings. The molecule has 172 valence electrons. The second kappa shape index (κ2) is 8.44. The van der Waals surface area contributed by atoms with Crippen LogP contribution in [0.3, 0.4) is 0 Å². The Morgan fingerprint density at radius 2 is 1.81 bits per heavy atom. The number of halogens is 2. The van der Waals surface area contributed by atoms with Crippen molar-refractivity contribution in [3.63, 3.8) is 0 Å². The molecule has 1 aromatic heterocycles. The maximum atomic E-state index is 14.6. The third-order valence-electron chi connectivity index (χ3n) is 6.25. The van der Waals surface area contributed by atoms with Crippen LogP contribution in [0.4, 0.5) is 8.78 Å². The molecular weight excluding hydrogens is 422 g/mol. The van der Waals surface area contributed by atoms with Gasteiger partial charge in [0.25, 0.3) is 11.8 Å². The zero-order valence-electron chi connectivity index (χ0n) is 18.0. The number of aliphatic carboxylic acids is 1. The number of carbonyl (C=O) groups excluding carboxylic acids is 1. The molecule has 32 heavy (non-hydrogen) atoms. The summed E-state index contributed by atoms with van der Waals surface area (Å²) in [6.07, 6.45) is -0.652. The van der Waals surface area contributed by atoms with Crippen molar-refractivity contribution in [3.8, 4) is 17.2 Å². The van der Waals surface area contributed by atoms with Crippen LogP contribution in [0.2, 0.25) is 0 Å². The second-order valence-corrected chi connectivity index (χ2v) is 8.39. The second-order valence-electron chi connectivity index (χ2n) is 8.39. The Labute approximate surface area is 184 Å². The first kappa shape index (κ1) is 22.1. The summed E-state index contributed by atoms with van der Waals surface area (Å²) in [6, 6.07) is 5.73. The van der Waals surface area contributed by atoms with Crippen LogP contribution >= 0.6 is 0 Å². The fraction of sp³-hybridized carbons (Fsp3) is 0.478. The quantitative estimate of drug-likeness (QED) is 0.693. The fourth-order valence-electron chi connectivity index (χ4n) is 4.49. The topological polar surface area (TPSA) is 89.8 Å². The number of nitrogens with zero attached hydrogens (tertiary/aromatic N) is 1. The summed E-state index contributed by atoms with van der Waals surface area (Å²) < 4.78 is 42.3. The van der Waals surface area contributed by atoms with Gasteiger partial charge < -0.3 is 24.5 Å². The molecule has 2 atom stereocenters. The van der Waals surface area contributed by atoms with Crippen molar-refractivity contribution < 1.29 is 33.0 Å². The van der Waals surface area contributed by atoms with Gasteiger partial charge in [-0.3, -0.25) is 9.59 Å². The maximum absolute atomic E-state index is 14.6. The van der Waals surface area contributed by atoms with Crippen LogP contribution in [0.15, 0.2) is 24.3 Å². The Balaban J connectivity index is 1.57. The number of fused-ring (bicyclic) bond motifs is 1. The van der Waals surface area contributed by atoms with Crippen LogP contribution in [0.5, 0.6) is 11.5 Å². The Bertz CT molecular complexity index is 1050. The van der Waals surface area contributed by atoms with Crippen molar-refractivity contribution in [2.45, 2.75) is 51.5 Å². The first-order chi connectivity index (χ1) is 15.2. The van der Waals surface area contributed by atoms with Crippen molar-refractivity contribution in [2.24, 2.45) is 5.92 Å². The average molecular weight is 448 g/mol. The van der Waals surface area contributed by atoms with Gasteiger partial charge >= 0.3 is 5.97 Å². The third-order valence-corrected chi connectivity index (χ3v) is 6.25. The van der Waals surface area contributed by atoms with Crippen LogP contribution in [0.25, 0.3) is 5.69 Å². The zero-order valence-corrected chi connectivity index (χ0v) is 18.0. The van der Waals surface area contributed by atoms with Crippen LogP contribution in [0, 0.1) is 19.8 Å².